The smallest absolute Gasteiger partial charge is 0.169 e. The first-order valence-electron chi connectivity index (χ1n) is 8.03. The molecule has 1 aliphatic rings. The molecule has 0 unspecified atom stereocenters. The summed E-state index contributed by atoms with van der Waals surface area (Å²) in [5.74, 6) is 1.56. The van der Waals surface area contributed by atoms with Gasteiger partial charge in [-0.3, -0.25) is 0 Å². The molecule has 1 aliphatic heterocycles. The van der Waals surface area contributed by atoms with Crippen LogP contribution >= 0.6 is 12.2 Å². The molecule has 1 N–H and O–H groups in total. The zero-order valence-corrected chi connectivity index (χ0v) is 15.0. The summed E-state index contributed by atoms with van der Waals surface area (Å²) in [5.41, 5.74) is 2.55. The second kappa shape index (κ2) is 8.93. The summed E-state index contributed by atoms with van der Waals surface area (Å²) in [4.78, 5) is 2.20. The Kier molecular flexibility index (Phi) is 6.92. The zero-order chi connectivity index (χ0) is 16.7. The van der Waals surface area contributed by atoms with E-state index in [1.807, 2.05) is 6.92 Å². The number of rotatable bonds is 7. The van der Waals surface area contributed by atoms with Crippen LogP contribution < -0.4 is 14.8 Å². The molecule has 0 fully saturated rings. The second-order valence-electron chi connectivity index (χ2n) is 5.43. The topological polar surface area (TPSA) is 43.0 Å². The van der Waals surface area contributed by atoms with Crippen molar-refractivity contribution in [2.24, 2.45) is 0 Å². The van der Waals surface area contributed by atoms with Gasteiger partial charge in [0.2, 0.25) is 0 Å². The molecule has 0 bridgehead atoms. The normalized spacial score (nSPS) is 13.4. The summed E-state index contributed by atoms with van der Waals surface area (Å²) >= 11 is 5.51. The van der Waals surface area contributed by atoms with Crippen molar-refractivity contribution in [3.8, 4) is 11.5 Å². The van der Waals surface area contributed by atoms with Crippen molar-refractivity contribution >= 4 is 17.3 Å². The van der Waals surface area contributed by atoms with Gasteiger partial charge in [-0.2, -0.15) is 0 Å². The maximum absolute atomic E-state index is 5.51. The summed E-state index contributed by atoms with van der Waals surface area (Å²) in [7, 11) is 3.33. The highest BCUT2D eigenvalue weighted by molar-refractivity contribution is 7.80. The lowest BCUT2D eigenvalue weighted by Gasteiger charge is -2.31. The van der Waals surface area contributed by atoms with E-state index in [1.54, 1.807) is 14.2 Å². The minimum absolute atomic E-state index is 0.763. The van der Waals surface area contributed by atoms with Gasteiger partial charge in [0.25, 0.3) is 0 Å². The fourth-order valence-electron chi connectivity index (χ4n) is 2.68. The van der Waals surface area contributed by atoms with E-state index in [2.05, 4.69) is 22.3 Å². The lowest BCUT2D eigenvalue weighted by molar-refractivity contribution is 0.145. The summed E-state index contributed by atoms with van der Waals surface area (Å²) < 4.78 is 16.1. The molecule has 23 heavy (non-hydrogen) atoms. The maximum Gasteiger partial charge on any atom is 0.169 e. The molecule has 6 heteroatoms. The van der Waals surface area contributed by atoms with E-state index in [0.717, 1.165) is 62.3 Å². The monoisotopic (exact) mass is 338 g/mol. The third-order valence-electron chi connectivity index (χ3n) is 3.95. The van der Waals surface area contributed by atoms with Crippen molar-refractivity contribution in [3.63, 3.8) is 0 Å². The van der Waals surface area contributed by atoms with Crippen LogP contribution in [0.4, 0.5) is 0 Å². The fraction of sp³-hybridized carbons (Fsp3) is 0.588. The molecule has 1 heterocycles. The highest BCUT2D eigenvalue weighted by Crippen LogP contribution is 2.33. The average molecular weight is 338 g/mol. The number of nitrogens with zero attached hydrogens (tertiary/aromatic N) is 1. The van der Waals surface area contributed by atoms with Crippen molar-refractivity contribution in [1.82, 2.24) is 10.2 Å². The average Bonchev–Trinajstić information content (AvgIpc) is 2.59. The standard InChI is InChI=1S/C17H26N2O3S/c1-4-22-9-5-7-18-17(23)19-8-6-13-10-15(20-2)16(21-3)11-14(13)12-19/h10-11H,4-9,12H2,1-3H3,(H,18,23). The predicted octanol–water partition coefficient (Wildman–Crippen LogP) is 2.36. The van der Waals surface area contributed by atoms with Crippen LogP contribution in [0.3, 0.4) is 0 Å². The van der Waals surface area contributed by atoms with Crippen LogP contribution in [0.2, 0.25) is 0 Å². The molecule has 0 spiro atoms. The number of thiocarbonyl (C=S) groups is 1. The fourth-order valence-corrected chi connectivity index (χ4v) is 2.94. The van der Waals surface area contributed by atoms with Gasteiger partial charge in [-0.15, -0.1) is 0 Å². The molecule has 0 aliphatic carbocycles. The van der Waals surface area contributed by atoms with Crippen molar-refractivity contribution in [2.45, 2.75) is 26.3 Å². The van der Waals surface area contributed by atoms with Gasteiger partial charge in [-0.25, -0.2) is 0 Å². The highest BCUT2D eigenvalue weighted by atomic mass is 32.1. The van der Waals surface area contributed by atoms with Crippen molar-refractivity contribution in [2.75, 3.05) is 40.5 Å². The van der Waals surface area contributed by atoms with Gasteiger partial charge >= 0.3 is 0 Å². The largest absolute Gasteiger partial charge is 0.493 e. The van der Waals surface area contributed by atoms with Crippen LogP contribution in [0.1, 0.15) is 24.5 Å². The van der Waals surface area contributed by atoms with E-state index in [1.165, 1.54) is 11.1 Å². The lowest BCUT2D eigenvalue weighted by Crippen LogP contribution is -2.43. The van der Waals surface area contributed by atoms with E-state index in [-0.39, 0.29) is 0 Å². The van der Waals surface area contributed by atoms with Gasteiger partial charge in [0.15, 0.2) is 16.6 Å². The minimum Gasteiger partial charge on any atom is -0.493 e. The third-order valence-corrected chi connectivity index (χ3v) is 4.35. The number of hydrogen-bond acceptors (Lipinski definition) is 4. The number of fused-ring (bicyclic) bond motifs is 1. The predicted molar refractivity (Wildman–Crippen MR) is 95.4 cm³/mol. The van der Waals surface area contributed by atoms with Gasteiger partial charge in [0.05, 0.1) is 14.2 Å². The molecule has 0 radical (unpaired) electrons. The molecular formula is C17H26N2O3S. The molecule has 1 aromatic carbocycles. The van der Waals surface area contributed by atoms with Crippen molar-refractivity contribution in [3.05, 3.63) is 23.3 Å². The van der Waals surface area contributed by atoms with Gasteiger partial charge in [0.1, 0.15) is 0 Å². The summed E-state index contributed by atoms with van der Waals surface area (Å²) in [6, 6.07) is 4.13. The highest BCUT2D eigenvalue weighted by Gasteiger charge is 2.20. The molecule has 1 aromatic rings. The molecule has 5 nitrogen and oxygen atoms in total. The SMILES string of the molecule is CCOCCCNC(=S)N1CCc2cc(OC)c(OC)cc2C1. The van der Waals surface area contributed by atoms with E-state index < -0.39 is 0 Å². The van der Waals surface area contributed by atoms with Gasteiger partial charge in [-0.1, -0.05) is 0 Å². The molecule has 2 rings (SSSR count). The number of nitrogens with one attached hydrogen (secondary N) is 1. The van der Waals surface area contributed by atoms with Gasteiger partial charge < -0.3 is 24.4 Å². The van der Waals surface area contributed by atoms with Gasteiger partial charge in [0, 0.05) is 32.8 Å². The van der Waals surface area contributed by atoms with Crippen LogP contribution in [0.15, 0.2) is 12.1 Å². The number of methoxy groups -OCH3 is 2. The number of ether oxygens (including phenoxy) is 3. The van der Waals surface area contributed by atoms with Crippen molar-refractivity contribution in [1.29, 1.82) is 0 Å². The Bertz CT molecular complexity index is 537. The number of hydrogen-bond donors (Lipinski definition) is 1. The van der Waals surface area contributed by atoms with Gasteiger partial charge in [-0.05, 0) is 55.2 Å². The summed E-state index contributed by atoms with van der Waals surface area (Å²) in [6.07, 6.45) is 1.92. The quantitative estimate of drug-likeness (QED) is 0.608. The summed E-state index contributed by atoms with van der Waals surface area (Å²) in [5, 5.41) is 4.12. The molecule has 0 saturated carbocycles. The molecule has 0 saturated heterocycles. The number of benzene rings is 1. The first-order valence-corrected chi connectivity index (χ1v) is 8.44. The van der Waals surface area contributed by atoms with E-state index in [4.69, 9.17) is 26.4 Å². The molecule has 0 atom stereocenters. The van der Waals surface area contributed by atoms with E-state index >= 15 is 0 Å². The Morgan fingerprint density at radius 3 is 2.57 bits per heavy atom. The van der Waals surface area contributed by atoms with E-state index in [9.17, 15) is 0 Å². The molecular weight excluding hydrogens is 312 g/mol. The molecule has 128 valence electrons. The Morgan fingerprint density at radius 1 is 1.22 bits per heavy atom. The molecule has 0 amide bonds. The zero-order valence-electron chi connectivity index (χ0n) is 14.2. The Hall–Kier alpha value is -1.53. The summed E-state index contributed by atoms with van der Waals surface area (Å²) in [6.45, 7) is 6.10. The second-order valence-corrected chi connectivity index (χ2v) is 5.82. The van der Waals surface area contributed by atoms with Crippen molar-refractivity contribution < 1.29 is 14.2 Å². The first kappa shape index (κ1) is 17.8. The maximum atomic E-state index is 5.51. The van der Waals surface area contributed by atoms with Crippen LogP contribution in [-0.2, 0) is 17.7 Å². The Labute approximate surface area is 143 Å². The Morgan fingerprint density at radius 2 is 1.91 bits per heavy atom. The van der Waals surface area contributed by atoms with Crippen LogP contribution in [0, 0.1) is 0 Å². The lowest BCUT2D eigenvalue weighted by atomic mass is 9.99. The van der Waals surface area contributed by atoms with E-state index in [0.29, 0.717) is 0 Å². The first-order chi connectivity index (χ1) is 11.2. The molecule has 0 aromatic heterocycles. The Balaban J connectivity index is 1.93. The third kappa shape index (κ3) is 4.72. The van der Waals surface area contributed by atoms with Crippen LogP contribution in [0.5, 0.6) is 11.5 Å². The van der Waals surface area contributed by atoms with Crippen LogP contribution in [-0.4, -0.2) is 50.5 Å². The van der Waals surface area contributed by atoms with Crippen LogP contribution in [0.25, 0.3) is 0 Å². The minimum atomic E-state index is 0.763.